The number of amides is 2. The van der Waals surface area contributed by atoms with Gasteiger partial charge in [-0.2, -0.15) is 0 Å². The summed E-state index contributed by atoms with van der Waals surface area (Å²) in [5.41, 5.74) is 0.0317. The van der Waals surface area contributed by atoms with Gasteiger partial charge in [0.15, 0.2) is 0 Å². The Morgan fingerprint density at radius 3 is 2.57 bits per heavy atom. The van der Waals surface area contributed by atoms with E-state index in [1.54, 1.807) is 30.5 Å². The van der Waals surface area contributed by atoms with Crippen LogP contribution in [0.15, 0.2) is 76.0 Å². The number of halogens is 1. The second-order valence-corrected chi connectivity index (χ2v) is 9.73. The van der Waals surface area contributed by atoms with Crippen LogP contribution in [0.1, 0.15) is 0 Å². The quantitative estimate of drug-likeness (QED) is 0.483. The van der Waals surface area contributed by atoms with Gasteiger partial charge in [-0.25, -0.2) is 22.9 Å². The average molecular weight is 461 g/mol. The van der Waals surface area contributed by atoms with Gasteiger partial charge in [0.25, 0.3) is 15.6 Å². The standard InChI is InChI=1S/C19H13ClN4O4S2/c20-15-6-8-17(29-15)30(27,28)23-19(26)22-13-5-7-16(21-11-13)24-10-9-12-3-1-2-4-14(12)18(24)25/h1-11H,(H2,22,23,26). The van der Waals surface area contributed by atoms with Crippen molar-refractivity contribution in [3.05, 3.63) is 81.7 Å². The van der Waals surface area contributed by atoms with Gasteiger partial charge in [0.05, 0.1) is 16.2 Å². The second kappa shape index (κ2) is 7.90. The maximum Gasteiger partial charge on any atom is 0.333 e. The van der Waals surface area contributed by atoms with Crippen molar-refractivity contribution < 1.29 is 13.2 Å². The molecule has 0 bridgehead atoms. The highest BCUT2D eigenvalue weighted by atomic mass is 35.5. The van der Waals surface area contributed by atoms with E-state index in [9.17, 15) is 18.0 Å². The zero-order chi connectivity index (χ0) is 21.3. The van der Waals surface area contributed by atoms with Gasteiger partial charge in [0, 0.05) is 11.6 Å². The van der Waals surface area contributed by atoms with Crippen LogP contribution in [0.3, 0.4) is 0 Å². The van der Waals surface area contributed by atoms with E-state index in [-0.39, 0.29) is 15.5 Å². The van der Waals surface area contributed by atoms with Gasteiger partial charge in [0.2, 0.25) is 0 Å². The van der Waals surface area contributed by atoms with Gasteiger partial charge >= 0.3 is 6.03 Å². The highest BCUT2D eigenvalue weighted by molar-refractivity contribution is 7.92. The average Bonchev–Trinajstić information content (AvgIpc) is 3.16. The summed E-state index contributed by atoms with van der Waals surface area (Å²) >= 11 is 6.57. The van der Waals surface area contributed by atoms with E-state index >= 15 is 0 Å². The van der Waals surface area contributed by atoms with Crippen molar-refractivity contribution >= 4 is 55.5 Å². The fourth-order valence-corrected chi connectivity index (χ4v) is 5.13. The molecule has 0 radical (unpaired) electrons. The van der Waals surface area contributed by atoms with Crippen molar-refractivity contribution in [2.24, 2.45) is 0 Å². The molecule has 8 nitrogen and oxygen atoms in total. The third kappa shape index (κ3) is 4.06. The molecule has 3 aromatic heterocycles. The summed E-state index contributed by atoms with van der Waals surface area (Å²) in [6.07, 6.45) is 2.94. The predicted molar refractivity (Wildman–Crippen MR) is 116 cm³/mol. The van der Waals surface area contributed by atoms with Crippen molar-refractivity contribution in [1.82, 2.24) is 14.3 Å². The number of aromatic nitrogens is 2. The van der Waals surface area contributed by atoms with E-state index in [0.717, 1.165) is 16.7 Å². The Hall–Kier alpha value is -3.21. The Morgan fingerprint density at radius 2 is 1.87 bits per heavy atom. The maximum absolute atomic E-state index is 12.7. The Morgan fingerprint density at radius 1 is 1.07 bits per heavy atom. The molecule has 0 unspecified atom stereocenters. The van der Waals surface area contributed by atoms with Crippen LogP contribution in [0, 0.1) is 0 Å². The molecule has 0 fully saturated rings. The number of nitrogens with one attached hydrogen (secondary N) is 2. The summed E-state index contributed by atoms with van der Waals surface area (Å²) in [5, 5.41) is 3.77. The SMILES string of the molecule is O=C(Nc1ccc(-n2ccc3ccccc3c2=O)nc1)NS(=O)(=O)c1ccc(Cl)s1. The number of benzene rings is 1. The van der Waals surface area contributed by atoms with Gasteiger partial charge in [-0.05, 0) is 41.8 Å². The first-order chi connectivity index (χ1) is 14.3. The molecule has 3 heterocycles. The zero-order valence-corrected chi connectivity index (χ0v) is 17.5. The van der Waals surface area contributed by atoms with Gasteiger partial charge in [-0.1, -0.05) is 29.8 Å². The molecule has 0 saturated heterocycles. The number of nitrogens with zero attached hydrogens (tertiary/aromatic N) is 2. The monoisotopic (exact) mass is 460 g/mol. The number of hydrogen-bond acceptors (Lipinski definition) is 6. The first-order valence-corrected chi connectivity index (χ1v) is 11.2. The lowest BCUT2D eigenvalue weighted by molar-refractivity contribution is 0.256. The van der Waals surface area contributed by atoms with Crippen LogP contribution < -0.4 is 15.6 Å². The van der Waals surface area contributed by atoms with E-state index in [2.05, 4.69) is 10.3 Å². The molecule has 0 saturated carbocycles. The Kier molecular flexibility index (Phi) is 5.29. The molecule has 0 aliphatic carbocycles. The lowest BCUT2D eigenvalue weighted by atomic mass is 10.2. The predicted octanol–water partition coefficient (Wildman–Crippen LogP) is 3.61. The molecule has 152 valence electrons. The molecular weight excluding hydrogens is 448 g/mol. The molecule has 30 heavy (non-hydrogen) atoms. The normalized spacial score (nSPS) is 11.4. The van der Waals surface area contributed by atoms with E-state index in [4.69, 9.17) is 11.6 Å². The van der Waals surface area contributed by atoms with Crippen LogP contribution in [0.25, 0.3) is 16.6 Å². The molecule has 2 N–H and O–H groups in total. The highest BCUT2D eigenvalue weighted by Gasteiger charge is 2.20. The third-order valence-electron chi connectivity index (χ3n) is 4.11. The van der Waals surface area contributed by atoms with Crippen LogP contribution in [0.5, 0.6) is 0 Å². The minimum absolute atomic E-state index is 0.0770. The highest BCUT2D eigenvalue weighted by Crippen LogP contribution is 2.25. The van der Waals surface area contributed by atoms with E-state index in [1.807, 2.05) is 16.9 Å². The van der Waals surface area contributed by atoms with Gasteiger partial charge in [0.1, 0.15) is 10.0 Å². The third-order valence-corrected chi connectivity index (χ3v) is 7.16. The number of pyridine rings is 2. The molecule has 4 aromatic rings. The van der Waals surface area contributed by atoms with Crippen LogP contribution in [0.2, 0.25) is 4.34 Å². The lowest BCUT2D eigenvalue weighted by Gasteiger charge is -2.09. The molecule has 1 aromatic carbocycles. The number of urea groups is 1. The number of carbonyl (C=O) groups is 1. The molecular formula is C19H13ClN4O4S2. The Balaban J connectivity index is 1.51. The van der Waals surface area contributed by atoms with Crippen molar-refractivity contribution in [1.29, 1.82) is 0 Å². The van der Waals surface area contributed by atoms with Crippen molar-refractivity contribution in [3.63, 3.8) is 0 Å². The molecule has 0 spiro atoms. The largest absolute Gasteiger partial charge is 0.333 e. The maximum atomic E-state index is 12.7. The number of hydrogen-bond donors (Lipinski definition) is 2. The molecule has 0 aliphatic heterocycles. The zero-order valence-electron chi connectivity index (χ0n) is 15.1. The lowest BCUT2D eigenvalue weighted by Crippen LogP contribution is -2.34. The number of carbonyl (C=O) groups excluding carboxylic acids is 1. The Bertz CT molecular complexity index is 1410. The first-order valence-electron chi connectivity index (χ1n) is 8.49. The van der Waals surface area contributed by atoms with Crippen LogP contribution in [0.4, 0.5) is 10.5 Å². The van der Waals surface area contributed by atoms with Gasteiger partial charge < -0.3 is 5.32 Å². The topological polar surface area (TPSA) is 110 Å². The van der Waals surface area contributed by atoms with Crippen LogP contribution in [-0.2, 0) is 10.0 Å². The summed E-state index contributed by atoms with van der Waals surface area (Å²) in [5.74, 6) is 0.359. The van der Waals surface area contributed by atoms with Crippen molar-refractivity contribution in [3.8, 4) is 5.82 Å². The molecule has 0 aliphatic rings. The summed E-state index contributed by atoms with van der Waals surface area (Å²) in [7, 11) is -4.03. The molecule has 0 atom stereocenters. The summed E-state index contributed by atoms with van der Waals surface area (Å²) in [4.78, 5) is 28.9. The minimum atomic E-state index is -4.03. The smallest absolute Gasteiger partial charge is 0.306 e. The van der Waals surface area contributed by atoms with E-state index < -0.39 is 16.1 Å². The molecule has 2 amide bonds. The molecule has 4 rings (SSSR count). The number of sulfonamides is 1. The second-order valence-electron chi connectivity index (χ2n) is 6.10. The number of fused-ring (bicyclic) bond motifs is 1. The van der Waals surface area contributed by atoms with Gasteiger partial charge in [-0.15, -0.1) is 11.3 Å². The summed E-state index contributed by atoms with van der Waals surface area (Å²) in [6, 6.07) is 13.9. The fourth-order valence-electron chi connectivity index (χ4n) is 2.74. The van der Waals surface area contributed by atoms with E-state index in [0.29, 0.717) is 15.5 Å². The van der Waals surface area contributed by atoms with Gasteiger partial charge in [-0.3, -0.25) is 9.36 Å². The fraction of sp³-hybridized carbons (Fsp3) is 0. The first kappa shape index (κ1) is 20.1. The number of anilines is 1. The summed E-state index contributed by atoms with van der Waals surface area (Å²) in [6.45, 7) is 0. The van der Waals surface area contributed by atoms with Crippen molar-refractivity contribution in [2.45, 2.75) is 4.21 Å². The molecule has 11 heteroatoms. The Labute approximate surface area is 179 Å². The summed E-state index contributed by atoms with van der Waals surface area (Å²) < 4.78 is 27.8. The number of thiophene rings is 1. The number of rotatable bonds is 4. The van der Waals surface area contributed by atoms with Crippen molar-refractivity contribution in [2.75, 3.05) is 5.32 Å². The van der Waals surface area contributed by atoms with E-state index in [1.165, 1.54) is 29.0 Å². The van der Waals surface area contributed by atoms with Crippen LogP contribution >= 0.6 is 22.9 Å². The minimum Gasteiger partial charge on any atom is -0.306 e. The van der Waals surface area contributed by atoms with Crippen LogP contribution in [-0.4, -0.2) is 24.0 Å².